The smallest absolute Gasteiger partial charge is 0.236 e. The lowest BCUT2D eigenvalue weighted by Crippen LogP contribution is -2.24. The molecule has 0 atom stereocenters. The zero-order valence-corrected chi connectivity index (χ0v) is 21.4. The van der Waals surface area contributed by atoms with Crippen molar-refractivity contribution in [1.29, 1.82) is 0 Å². The second kappa shape index (κ2) is 8.03. The number of rotatable bonds is 0. The minimum absolute atomic E-state index is 0.387. The maximum absolute atomic E-state index is 14.1. The lowest BCUT2D eigenvalue weighted by atomic mass is 10.2. The normalized spacial score (nSPS) is 13.0. The summed E-state index contributed by atoms with van der Waals surface area (Å²) in [6, 6.07) is 31.5. The fraction of sp³-hybridized carbons (Fsp3) is 0. The van der Waals surface area contributed by atoms with Crippen molar-refractivity contribution in [3.8, 4) is 0 Å². The molecule has 0 unspecified atom stereocenters. The van der Waals surface area contributed by atoms with Crippen LogP contribution in [0.15, 0.2) is 112 Å². The molecule has 4 aromatic heterocycles. The topological polar surface area (TPSA) is 126 Å². The molecule has 0 spiro atoms. The first kappa shape index (κ1) is 21.9. The Morgan fingerprint density at radius 1 is 0.415 bits per heavy atom. The Balaban J connectivity index is 1.53. The molecule has 194 valence electrons. The molecule has 1 aliphatic heterocycles. The van der Waals surface area contributed by atoms with Crippen molar-refractivity contribution in [3.05, 3.63) is 124 Å². The van der Waals surface area contributed by atoms with E-state index in [2.05, 4.69) is 19.9 Å². The van der Waals surface area contributed by atoms with E-state index in [-0.39, 0.29) is 0 Å². The number of fused-ring (bicyclic) bond motifs is 20. The number of aromatic amines is 4. The van der Waals surface area contributed by atoms with Crippen LogP contribution in [0.2, 0.25) is 0 Å². The molecule has 8 bridgehead atoms. The summed E-state index contributed by atoms with van der Waals surface area (Å²) in [7, 11) is 0. The van der Waals surface area contributed by atoms with E-state index in [0.29, 0.717) is 45.2 Å². The molecule has 0 radical (unpaired) electrons. The van der Waals surface area contributed by atoms with E-state index >= 15 is 0 Å². The average Bonchev–Trinajstić information content (AvgIpc) is 3.76. The van der Waals surface area contributed by atoms with Gasteiger partial charge in [0.1, 0.15) is 22.6 Å². The molecule has 0 aliphatic carbocycles. The number of H-pyrrole nitrogens is 4. The van der Waals surface area contributed by atoms with Crippen LogP contribution >= 0.6 is 0 Å². The van der Waals surface area contributed by atoms with Crippen molar-refractivity contribution < 1.29 is 0 Å². The monoisotopic (exact) mass is 532 g/mol. The summed E-state index contributed by atoms with van der Waals surface area (Å²) in [6.45, 7) is 0. The zero-order valence-electron chi connectivity index (χ0n) is 21.4. The Hall–Kier alpha value is -5.96. The van der Waals surface area contributed by atoms with Gasteiger partial charge in [-0.1, -0.05) is 72.8 Å². The summed E-state index contributed by atoms with van der Waals surface area (Å²) in [5, 5.41) is 21.1. The highest BCUT2D eigenvalue weighted by atomic mass is 16.5. The van der Waals surface area contributed by atoms with Gasteiger partial charge in [-0.2, -0.15) is 9.98 Å². The van der Waals surface area contributed by atoms with Crippen LogP contribution < -0.4 is 26.7 Å². The van der Waals surface area contributed by atoms with Crippen molar-refractivity contribution >= 4 is 66.4 Å². The third-order valence-corrected chi connectivity index (χ3v) is 7.77. The zero-order chi connectivity index (χ0) is 27.1. The van der Waals surface area contributed by atoms with Crippen molar-refractivity contribution in [2.75, 3.05) is 0 Å². The number of benzene rings is 4. The summed E-state index contributed by atoms with van der Waals surface area (Å²) in [5.41, 5.74) is 2.30. The average molecular weight is 533 g/mol. The maximum Gasteiger partial charge on any atom is 0.236 e. The second-order valence-electron chi connectivity index (χ2n) is 10.1. The summed E-state index contributed by atoms with van der Waals surface area (Å²) in [6.07, 6.45) is 0. The van der Waals surface area contributed by atoms with E-state index in [4.69, 9.17) is 15.0 Å². The molecule has 1 aliphatic rings. The highest BCUT2D eigenvalue weighted by Crippen LogP contribution is 2.34. The number of hydrogen-bond acceptors (Lipinski definition) is 4. The Bertz CT molecular complexity index is 2620. The molecule has 4 N–H and O–H groups in total. The molecule has 9 heteroatoms. The molecule has 4 aromatic carbocycles. The first-order valence-corrected chi connectivity index (χ1v) is 13.3. The van der Waals surface area contributed by atoms with E-state index in [0.717, 1.165) is 47.8 Å². The third-order valence-electron chi connectivity index (χ3n) is 7.77. The van der Waals surface area contributed by atoms with E-state index in [9.17, 15) is 5.21 Å². The van der Waals surface area contributed by atoms with Gasteiger partial charge in [-0.25, -0.2) is 9.73 Å². The summed E-state index contributed by atoms with van der Waals surface area (Å²) >= 11 is 0. The Morgan fingerprint density at radius 2 is 0.805 bits per heavy atom. The van der Waals surface area contributed by atoms with Crippen LogP contribution in [0.3, 0.4) is 0 Å². The van der Waals surface area contributed by atoms with Gasteiger partial charge in [0.2, 0.25) is 11.3 Å². The minimum atomic E-state index is 0.387. The van der Waals surface area contributed by atoms with Gasteiger partial charge in [-0.15, -0.1) is 0 Å². The van der Waals surface area contributed by atoms with Gasteiger partial charge < -0.3 is 15.2 Å². The lowest BCUT2D eigenvalue weighted by molar-refractivity contribution is 0.904. The van der Waals surface area contributed by atoms with Crippen molar-refractivity contribution in [2.45, 2.75) is 0 Å². The molecule has 5 heterocycles. The summed E-state index contributed by atoms with van der Waals surface area (Å²) < 4.78 is 0.903. The molecule has 0 saturated heterocycles. The first-order valence-electron chi connectivity index (χ1n) is 13.3. The first-order chi connectivity index (χ1) is 20.2. The number of nitrogens with one attached hydrogen (secondary N) is 4. The van der Waals surface area contributed by atoms with Crippen molar-refractivity contribution in [1.82, 2.24) is 24.7 Å². The fourth-order valence-corrected chi connectivity index (χ4v) is 5.87. The van der Waals surface area contributed by atoms with Crippen molar-refractivity contribution in [3.63, 3.8) is 0 Å². The number of nitrogens with zero attached hydrogens (tertiary/aromatic N) is 4. The van der Waals surface area contributed by atoms with Crippen LogP contribution in [0.5, 0.6) is 0 Å². The predicted molar refractivity (Wildman–Crippen MR) is 160 cm³/mol. The molecule has 8 aromatic rings. The van der Waals surface area contributed by atoms with Gasteiger partial charge in [0.25, 0.3) is 0 Å². The fourth-order valence-electron chi connectivity index (χ4n) is 5.87. The largest absolute Gasteiger partial charge is 0.740 e. The van der Waals surface area contributed by atoms with E-state index < -0.39 is 0 Å². The lowest BCUT2D eigenvalue weighted by Gasteiger charge is -2.07. The van der Waals surface area contributed by atoms with Gasteiger partial charge in [-0.3, -0.25) is 9.97 Å². The highest BCUT2D eigenvalue weighted by molar-refractivity contribution is 6.01. The minimum Gasteiger partial charge on any atom is -0.740 e. The molecule has 9 nitrogen and oxygen atoms in total. The van der Waals surface area contributed by atoms with Crippen LogP contribution in [0.1, 0.15) is 0 Å². The van der Waals surface area contributed by atoms with Gasteiger partial charge >= 0.3 is 0 Å². The van der Waals surface area contributed by atoms with Crippen molar-refractivity contribution in [2.24, 2.45) is 15.0 Å². The second-order valence-corrected chi connectivity index (χ2v) is 10.1. The Kier molecular flexibility index (Phi) is 4.29. The van der Waals surface area contributed by atoms with Gasteiger partial charge in [-0.05, 0) is 24.3 Å². The number of hydrogen-bond donors (Lipinski definition) is 4. The third kappa shape index (κ3) is 3.11. The standard InChI is InChI=1S/C32H20N8O/c41-40-31-23-15-7-5-13-21(23)29(38-31)36-27-19-11-3-1-9-17(19)25(34-27)33-26-18-10-2-4-12-20(18)28(35-26)37-30-22-14-6-8-16-24(22)32(40)39-30/h1-16H,(H4,33,34,35,36,37,38,39). The van der Waals surface area contributed by atoms with Crippen LogP contribution in [0.4, 0.5) is 23.3 Å². The molecule has 0 fully saturated rings. The SMILES string of the molecule is [O-][N+]1=c2[nH]c(c3ccccc23)=Nc2[nH]c(c3ccccc23)N=c2[nH]c(c3ccccc23)=Nc2[nH]c1c1ccccc21. The van der Waals surface area contributed by atoms with Crippen LogP contribution in [0, 0.1) is 5.21 Å². The van der Waals surface area contributed by atoms with Crippen LogP contribution in [0.25, 0.3) is 43.1 Å². The highest BCUT2D eigenvalue weighted by Gasteiger charge is 2.18. The van der Waals surface area contributed by atoms with E-state index in [1.807, 2.05) is 97.1 Å². The van der Waals surface area contributed by atoms with E-state index in [1.54, 1.807) is 0 Å². The molecule has 0 saturated carbocycles. The molecule has 41 heavy (non-hydrogen) atoms. The summed E-state index contributed by atoms with van der Waals surface area (Å²) in [5.74, 6) is 2.30. The quantitative estimate of drug-likeness (QED) is 0.157. The maximum atomic E-state index is 14.1. The van der Waals surface area contributed by atoms with Gasteiger partial charge in [0.05, 0.1) is 10.8 Å². The van der Waals surface area contributed by atoms with Gasteiger partial charge in [0, 0.05) is 32.3 Å². The Morgan fingerprint density at radius 3 is 1.37 bits per heavy atom. The van der Waals surface area contributed by atoms with Crippen LogP contribution in [-0.2, 0) is 0 Å². The summed E-state index contributed by atoms with van der Waals surface area (Å²) in [4.78, 5) is 28.6. The Labute approximate surface area is 230 Å². The predicted octanol–water partition coefficient (Wildman–Crippen LogP) is 5.10. The van der Waals surface area contributed by atoms with Gasteiger partial charge in [0.15, 0.2) is 11.3 Å². The molecular weight excluding hydrogens is 512 g/mol. The van der Waals surface area contributed by atoms with E-state index in [1.165, 1.54) is 0 Å². The molecule has 9 rings (SSSR count). The van der Waals surface area contributed by atoms with Crippen LogP contribution in [-0.4, -0.2) is 19.9 Å². The molecular formula is C32H20N8O. The molecule has 0 amide bonds. The number of aromatic nitrogens is 4.